The van der Waals surface area contributed by atoms with Crippen LogP contribution in [0.15, 0.2) is 18.5 Å². The molecule has 0 unspecified atom stereocenters. The van der Waals surface area contributed by atoms with Gasteiger partial charge in [0, 0.05) is 47.2 Å². The van der Waals surface area contributed by atoms with Crippen molar-refractivity contribution in [3.63, 3.8) is 0 Å². The summed E-state index contributed by atoms with van der Waals surface area (Å²) in [5, 5.41) is 17.7. The quantitative estimate of drug-likeness (QED) is 0.575. The minimum atomic E-state index is -0.957. The average molecular weight is 366 g/mol. The Kier molecular flexibility index (Phi) is 3.36. The van der Waals surface area contributed by atoms with E-state index in [1.54, 1.807) is 18.5 Å². The largest absolute Gasteiger partial charge is 0.465 e. The Morgan fingerprint density at radius 2 is 2.17 bits per heavy atom. The molecule has 0 fully saturated rings. The molecule has 124 valence electrons. The highest BCUT2D eigenvalue weighted by Crippen LogP contribution is 2.45. The number of carbonyl (C=O) groups is 1. The topological polar surface area (TPSA) is 100 Å². The van der Waals surface area contributed by atoms with E-state index in [-0.39, 0.29) is 6.54 Å². The van der Waals surface area contributed by atoms with Crippen molar-refractivity contribution in [2.45, 2.75) is 13.1 Å². The number of carboxylic acid groups (broad SMARTS) is 1. The van der Waals surface area contributed by atoms with E-state index >= 15 is 0 Å². The molecule has 0 aliphatic carbocycles. The maximum absolute atomic E-state index is 11.4. The highest BCUT2D eigenvalue weighted by molar-refractivity contribution is 6.46. The Hall–Kier alpha value is -2.38. The second-order valence-electron chi connectivity index (χ2n) is 5.65. The van der Waals surface area contributed by atoms with E-state index in [2.05, 4.69) is 10.2 Å². The second kappa shape index (κ2) is 5.32. The SMILES string of the molecule is Nc1cc(Cl)c(Cl)c2c1c(-c1cn[nH]c1)c1n2CCN(C(=O)O)C1. The number of benzene rings is 1. The molecule has 1 aliphatic heterocycles. The van der Waals surface area contributed by atoms with Gasteiger partial charge in [-0.05, 0) is 6.07 Å². The lowest BCUT2D eigenvalue weighted by Crippen LogP contribution is -2.37. The molecule has 0 saturated heterocycles. The fourth-order valence-electron chi connectivity index (χ4n) is 3.32. The number of fused-ring (bicyclic) bond motifs is 3. The predicted molar refractivity (Wildman–Crippen MR) is 92.4 cm³/mol. The lowest BCUT2D eigenvalue weighted by atomic mass is 10.0. The van der Waals surface area contributed by atoms with Crippen LogP contribution in [0.25, 0.3) is 22.0 Å². The smallest absolute Gasteiger partial charge is 0.407 e. The molecule has 7 nitrogen and oxygen atoms in total. The number of anilines is 1. The first-order valence-electron chi connectivity index (χ1n) is 7.24. The first-order valence-corrected chi connectivity index (χ1v) is 8.00. The predicted octanol–water partition coefficient (Wildman–Crippen LogP) is 3.41. The van der Waals surface area contributed by atoms with Crippen LogP contribution in [0.4, 0.5) is 10.5 Å². The van der Waals surface area contributed by atoms with Crippen LogP contribution >= 0.6 is 23.2 Å². The van der Waals surface area contributed by atoms with Gasteiger partial charge in [0.1, 0.15) is 0 Å². The first kappa shape index (κ1) is 15.2. The summed E-state index contributed by atoms with van der Waals surface area (Å²) < 4.78 is 2.00. The normalized spacial score (nSPS) is 14.2. The molecule has 3 aromatic rings. The Bertz CT molecular complexity index is 965. The van der Waals surface area contributed by atoms with Gasteiger partial charge in [-0.1, -0.05) is 23.2 Å². The Morgan fingerprint density at radius 3 is 2.83 bits per heavy atom. The van der Waals surface area contributed by atoms with Crippen molar-refractivity contribution in [1.82, 2.24) is 19.7 Å². The number of nitrogen functional groups attached to an aromatic ring is 1. The zero-order valence-electron chi connectivity index (χ0n) is 12.4. The molecule has 4 N–H and O–H groups in total. The number of rotatable bonds is 1. The van der Waals surface area contributed by atoms with E-state index in [4.69, 9.17) is 28.9 Å². The fraction of sp³-hybridized carbons (Fsp3) is 0.200. The van der Waals surface area contributed by atoms with Crippen LogP contribution in [0.1, 0.15) is 5.69 Å². The van der Waals surface area contributed by atoms with Gasteiger partial charge in [-0.2, -0.15) is 5.10 Å². The molecule has 9 heteroatoms. The van der Waals surface area contributed by atoms with Crippen molar-refractivity contribution in [3.05, 3.63) is 34.2 Å². The number of hydrogen-bond acceptors (Lipinski definition) is 3. The highest BCUT2D eigenvalue weighted by atomic mass is 35.5. The lowest BCUT2D eigenvalue weighted by molar-refractivity contribution is 0.133. The van der Waals surface area contributed by atoms with Gasteiger partial charge in [0.2, 0.25) is 0 Å². The third-order valence-corrected chi connectivity index (χ3v) is 5.13. The summed E-state index contributed by atoms with van der Waals surface area (Å²) in [4.78, 5) is 12.8. The fourth-order valence-corrected chi connectivity index (χ4v) is 3.77. The van der Waals surface area contributed by atoms with Gasteiger partial charge in [0.05, 0.1) is 28.3 Å². The van der Waals surface area contributed by atoms with E-state index in [0.717, 1.165) is 27.7 Å². The highest BCUT2D eigenvalue weighted by Gasteiger charge is 2.29. The maximum Gasteiger partial charge on any atom is 0.407 e. The standard InChI is InChI=1S/C15H13Cl2N5O2/c16-8-3-9(18)12-11(7-4-19-20-5-7)10-6-21(15(23)24)1-2-22(10)14(12)13(8)17/h3-5H,1-2,6,18H2,(H,19,20)(H,23,24). The van der Waals surface area contributed by atoms with E-state index in [9.17, 15) is 9.90 Å². The number of nitrogens with two attached hydrogens (primary N) is 1. The summed E-state index contributed by atoms with van der Waals surface area (Å²) in [5.41, 5.74) is 9.94. The summed E-state index contributed by atoms with van der Waals surface area (Å²) in [6, 6.07) is 1.62. The van der Waals surface area contributed by atoms with E-state index in [1.807, 2.05) is 4.57 Å². The third-order valence-electron chi connectivity index (χ3n) is 4.35. The molecular formula is C15H13Cl2N5O2. The van der Waals surface area contributed by atoms with Crippen LogP contribution in [0, 0.1) is 0 Å². The van der Waals surface area contributed by atoms with Gasteiger partial charge in [0.25, 0.3) is 0 Å². The number of nitrogens with zero attached hydrogens (tertiary/aromatic N) is 3. The second-order valence-corrected chi connectivity index (χ2v) is 6.43. The van der Waals surface area contributed by atoms with Crippen molar-refractivity contribution in [2.24, 2.45) is 0 Å². The number of nitrogens with one attached hydrogen (secondary N) is 1. The van der Waals surface area contributed by atoms with Crippen LogP contribution in [-0.4, -0.2) is 37.4 Å². The number of hydrogen-bond donors (Lipinski definition) is 3. The summed E-state index contributed by atoms with van der Waals surface area (Å²) in [7, 11) is 0. The summed E-state index contributed by atoms with van der Waals surface area (Å²) in [5.74, 6) is 0. The Balaban J connectivity index is 2.10. The van der Waals surface area contributed by atoms with E-state index in [0.29, 0.717) is 28.8 Å². The van der Waals surface area contributed by atoms with Crippen LogP contribution in [-0.2, 0) is 13.1 Å². The minimum absolute atomic E-state index is 0.248. The van der Waals surface area contributed by atoms with Crippen molar-refractivity contribution < 1.29 is 9.90 Å². The molecule has 0 atom stereocenters. The minimum Gasteiger partial charge on any atom is -0.465 e. The molecule has 0 bridgehead atoms. The number of H-pyrrole nitrogens is 1. The molecule has 0 saturated carbocycles. The molecule has 0 spiro atoms. The molecule has 2 aromatic heterocycles. The van der Waals surface area contributed by atoms with Gasteiger partial charge in [0.15, 0.2) is 0 Å². The van der Waals surface area contributed by atoms with Crippen LogP contribution in [0.2, 0.25) is 10.0 Å². The van der Waals surface area contributed by atoms with Crippen molar-refractivity contribution in [1.29, 1.82) is 0 Å². The number of aromatic amines is 1. The van der Waals surface area contributed by atoms with Crippen LogP contribution in [0.5, 0.6) is 0 Å². The summed E-state index contributed by atoms with van der Waals surface area (Å²) in [6.45, 7) is 1.10. The number of aromatic nitrogens is 3. The van der Waals surface area contributed by atoms with E-state index < -0.39 is 6.09 Å². The van der Waals surface area contributed by atoms with Gasteiger partial charge >= 0.3 is 6.09 Å². The Morgan fingerprint density at radius 1 is 1.38 bits per heavy atom. The zero-order chi connectivity index (χ0) is 17.0. The average Bonchev–Trinajstić information content (AvgIpc) is 3.17. The molecule has 3 heterocycles. The molecule has 0 radical (unpaired) electrons. The van der Waals surface area contributed by atoms with Crippen LogP contribution in [0.3, 0.4) is 0 Å². The van der Waals surface area contributed by atoms with Gasteiger partial charge in [-0.25, -0.2) is 4.79 Å². The first-order chi connectivity index (χ1) is 11.5. The molecular weight excluding hydrogens is 353 g/mol. The summed E-state index contributed by atoms with van der Waals surface area (Å²) >= 11 is 12.6. The lowest BCUT2D eigenvalue weighted by Gasteiger charge is -2.27. The van der Waals surface area contributed by atoms with Crippen LogP contribution < -0.4 is 5.73 Å². The van der Waals surface area contributed by atoms with Gasteiger partial charge in [-0.15, -0.1) is 0 Å². The molecule has 1 amide bonds. The van der Waals surface area contributed by atoms with E-state index in [1.165, 1.54) is 4.90 Å². The maximum atomic E-state index is 11.4. The molecule has 24 heavy (non-hydrogen) atoms. The zero-order valence-corrected chi connectivity index (χ0v) is 13.9. The Labute approximate surface area is 146 Å². The number of halogens is 2. The molecule has 4 rings (SSSR count). The number of amides is 1. The summed E-state index contributed by atoms with van der Waals surface area (Å²) in [6.07, 6.45) is 2.47. The molecule has 1 aliphatic rings. The van der Waals surface area contributed by atoms with Crippen molar-refractivity contribution in [3.8, 4) is 11.1 Å². The monoisotopic (exact) mass is 365 g/mol. The van der Waals surface area contributed by atoms with Crippen molar-refractivity contribution >= 4 is 45.9 Å². The van der Waals surface area contributed by atoms with Crippen molar-refractivity contribution in [2.75, 3.05) is 12.3 Å². The third kappa shape index (κ3) is 2.05. The van der Waals surface area contributed by atoms with Gasteiger partial charge < -0.3 is 20.3 Å². The van der Waals surface area contributed by atoms with Gasteiger partial charge in [-0.3, -0.25) is 5.10 Å². The molecule has 1 aromatic carbocycles.